The Balaban J connectivity index is 1.45. The normalized spacial score (nSPS) is 19.8. The van der Waals surface area contributed by atoms with E-state index in [0.717, 1.165) is 12.8 Å². The number of fused-ring (bicyclic) bond motifs is 1. The second-order valence-corrected chi connectivity index (χ2v) is 9.20. The van der Waals surface area contributed by atoms with Gasteiger partial charge in [0.15, 0.2) is 0 Å². The molecule has 1 aromatic carbocycles. The number of hydrogen-bond acceptors (Lipinski definition) is 4. The van der Waals surface area contributed by atoms with Crippen molar-refractivity contribution >= 4 is 51.8 Å². The van der Waals surface area contributed by atoms with E-state index in [1.165, 1.54) is 0 Å². The number of hydrogen-bond donors (Lipinski definition) is 4. The van der Waals surface area contributed by atoms with Crippen molar-refractivity contribution in [2.24, 2.45) is 11.8 Å². The van der Waals surface area contributed by atoms with Crippen LogP contribution in [0.1, 0.15) is 42.6 Å². The molecule has 4 rings (SSSR count). The molecule has 2 aliphatic rings. The summed E-state index contributed by atoms with van der Waals surface area (Å²) in [5.41, 5.74) is 0.921. The van der Waals surface area contributed by atoms with Crippen LogP contribution < -0.4 is 16.0 Å². The average Bonchev–Trinajstić information content (AvgIpc) is 3.33. The van der Waals surface area contributed by atoms with Crippen molar-refractivity contribution in [3.63, 3.8) is 0 Å². The smallest absolute Gasteiger partial charge is 0.268 e. The molecular weight excluding hydrogens is 453 g/mol. The maximum atomic E-state index is 12.9. The van der Waals surface area contributed by atoms with Crippen molar-refractivity contribution in [2.75, 3.05) is 6.54 Å². The van der Waals surface area contributed by atoms with Crippen LogP contribution in [0.3, 0.4) is 0 Å². The SMILES string of the molecule is N#C[C@H](C[C@@H]1CCNC1=O)NC(=O)[C@H](CC1CC1)NC(=O)c1cc2c(Cl)c(Cl)ccc2[nH]1. The molecule has 3 atom stereocenters. The van der Waals surface area contributed by atoms with Crippen LogP contribution >= 0.6 is 23.2 Å². The van der Waals surface area contributed by atoms with E-state index in [0.29, 0.717) is 46.3 Å². The van der Waals surface area contributed by atoms with Crippen LogP contribution in [0, 0.1) is 23.2 Å². The third-order valence-corrected chi connectivity index (χ3v) is 6.80. The summed E-state index contributed by atoms with van der Waals surface area (Å²) in [7, 11) is 0. The topological polar surface area (TPSA) is 127 Å². The van der Waals surface area contributed by atoms with Gasteiger partial charge in [-0.25, -0.2) is 0 Å². The molecule has 1 aliphatic carbocycles. The highest BCUT2D eigenvalue weighted by Gasteiger charge is 2.33. The van der Waals surface area contributed by atoms with E-state index in [1.807, 2.05) is 0 Å². The van der Waals surface area contributed by atoms with Gasteiger partial charge in [0.1, 0.15) is 17.8 Å². The van der Waals surface area contributed by atoms with Crippen LogP contribution in [0.5, 0.6) is 0 Å². The zero-order valence-corrected chi connectivity index (χ0v) is 18.7. The highest BCUT2D eigenvalue weighted by atomic mass is 35.5. The summed E-state index contributed by atoms with van der Waals surface area (Å²) in [6.45, 7) is 0.579. The largest absolute Gasteiger partial charge is 0.356 e. The summed E-state index contributed by atoms with van der Waals surface area (Å²) in [5.74, 6) is -0.896. The first-order valence-electron chi connectivity index (χ1n) is 10.6. The summed E-state index contributed by atoms with van der Waals surface area (Å²) in [6, 6.07) is 5.44. The average molecular weight is 476 g/mol. The number of halogens is 2. The monoisotopic (exact) mass is 475 g/mol. The Labute approximate surface area is 195 Å². The highest BCUT2D eigenvalue weighted by Crippen LogP contribution is 2.34. The van der Waals surface area contributed by atoms with Crippen LogP contribution in [0.4, 0.5) is 0 Å². The summed E-state index contributed by atoms with van der Waals surface area (Å²) < 4.78 is 0. The molecule has 3 amide bonds. The second kappa shape index (κ2) is 9.39. The fourth-order valence-electron chi connectivity index (χ4n) is 3.99. The molecule has 32 heavy (non-hydrogen) atoms. The molecule has 0 unspecified atom stereocenters. The third-order valence-electron chi connectivity index (χ3n) is 5.98. The quantitative estimate of drug-likeness (QED) is 0.467. The van der Waals surface area contributed by atoms with Crippen molar-refractivity contribution in [3.05, 3.63) is 33.9 Å². The van der Waals surface area contributed by atoms with E-state index in [1.54, 1.807) is 18.2 Å². The number of aromatic amines is 1. The first-order valence-corrected chi connectivity index (χ1v) is 11.4. The Bertz CT molecular complexity index is 1100. The van der Waals surface area contributed by atoms with Crippen LogP contribution in [-0.2, 0) is 9.59 Å². The molecule has 0 radical (unpaired) electrons. The summed E-state index contributed by atoms with van der Waals surface area (Å²) in [5, 5.41) is 19.0. The first-order chi connectivity index (χ1) is 15.4. The fraction of sp³-hybridized carbons (Fsp3) is 0.455. The van der Waals surface area contributed by atoms with Gasteiger partial charge in [-0.3, -0.25) is 14.4 Å². The van der Waals surface area contributed by atoms with Crippen molar-refractivity contribution in [1.29, 1.82) is 5.26 Å². The van der Waals surface area contributed by atoms with E-state index in [-0.39, 0.29) is 23.9 Å². The number of rotatable bonds is 8. The molecule has 2 aromatic rings. The molecular formula is C22H23Cl2N5O3. The highest BCUT2D eigenvalue weighted by molar-refractivity contribution is 6.45. The van der Waals surface area contributed by atoms with Crippen LogP contribution in [0.2, 0.25) is 10.0 Å². The third kappa shape index (κ3) is 5.00. The van der Waals surface area contributed by atoms with Gasteiger partial charge in [0.05, 0.1) is 16.1 Å². The van der Waals surface area contributed by atoms with E-state index in [9.17, 15) is 19.6 Å². The van der Waals surface area contributed by atoms with E-state index in [4.69, 9.17) is 23.2 Å². The zero-order chi connectivity index (χ0) is 22.8. The number of nitriles is 1. The Morgan fingerprint density at radius 3 is 2.62 bits per heavy atom. The molecule has 8 nitrogen and oxygen atoms in total. The van der Waals surface area contributed by atoms with E-state index < -0.39 is 23.9 Å². The Hall–Kier alpha value is -2.76. The summed E-state index contributed by atoms with van der Waals surface area (Å²) in [4.78, 5) is 40.6. The minimum absolute atomic E-state index is 0.0973. The second-order valence-electron chi connectivity index (χ2n) is 8.41. The molecule has 2 fully saturated rings. The van der Waals surface area contributed by atoms with Gasteiger partial charge in [-0.2, -0.15) is 5.26 Å². The molecule has 1 aliphatic heterocycles. The molecule has 0 spiro atoms. The Morgan fingerprint density at radius 1 is 1.19 bits per heavy atom. The maximum absolute atomic E-state index is 12.9. The van der Waals surface area contributed by atoms with Gasteiger partial charge in [-0.05, 0) is 43.4 Å². The molecule has 10 heteroatoms. The number of nitrogens with one attached hydrogen (secondary N) is 4. The number of aromatic nitrogens is 1. The van der Waals surface area contributed by atoms with Crippen LogP contribution in [0.25, 0.3) is 10.9 Å². The standard InChI is InChI=1S/C22H23Cl2N5O3/c23-15-3-4-16-14(19(15)24)9-18(28-16)22(32)29-17(7-11-1-2-11)21(31)27-13(10-25)8-12-5-6-26-20(12)30/h3-4,9,11-13,17,28H,1-2,5-8H2,(H,26,30)(H,27,31)(H,29,32)/t12-,13-,17-/m0/s1. The van der Waals surface area contributed by atoms with Gasteiger partial charge in [-0.1, -0.05) is 36.0 Å². The molecule has 1 saturated carbocycles. The first kappa shape index (κ1) is 22.4. The number of benzene rings is 1. The van der Waals surface area contributed by atoms with Crippen LogP contribution in [0.15, 0.2) is 18.2 Å². The Kier molecular flexibility index (Phi) is 6.58. The lowest BCUT2D eigenvalue weighted by Gasteiger charge is -2.21. The van der Waals surface area contributed by atoms with E-state index in [2.05, 4.69) is 27.0 Å². The molecule has 0 bridgehead atoms. The summed E-state index contributed by atoms with van der Waals surface area (Å²) >= 11 is 12.3. The predicted octanol–water partition coefficient (Wildman–Crippen LogP) is 2.91. The van der Waals surface area contributed by atoms with Gasteiger partial charge in [0.25, 0.3) is 5.91 Å². The minimum Gasteiger partial charge on any atom is -0.356 e. The van der Waals surface area contributed by atoms with Crippen molar-refractivity contribution in [3.8, 4) is 6.07 Å². The van der Waals surface area contributed by atoms with Gasteiger partial charge in [-0.15, -0.1) is 0 Å². The lowest BCUT2D eigenvalue weighted by molar-refractivity contribution is -0.125. The number of carbonyl (C=O) groups is 3. The van der Waals surface area contributed by atoms with Crippen molar-refractivity contribution in [1.82, 2.24) is 20.9 Å². The molecule has 2 heterocycles. The Morgan fingerprint density at radius 2 is 1.97 bits per heavy atom. The maximum Gasteiger partial charge on any atom is 0.268 e. The lowest BCUT2D eigenvalue weighted by Crippen LogP contribution is -2.50. The number of H-pyrrole nitrogens is 1. The number of amides is 3. The van der Waals surface area contributed by atoms with Crippen LogP contribution in [-0.4, -0.2) is 41.3 Å². The van der Waals surface area contributed by atoms with E-state index >= 15 is 0 Å². The fourth-order valence-corrected chi connectivity index (χ4v) is 4.37. The molecule has 1 saturated heterocycles. The lowest BCUT2D eigenvalue weighted by atomic mass is 9.98. The van der Waals surface area contributed by atoms with Gasteiger partial charge in [0, 0.05) is 23.4 Å². The van der Waals surface area contributed by atoms with Gasteiger partial charge in [0.2, 0.25) is 11.8 Å². The number of carbonyl (C=O) groups excluding carboxylic acids is 3. The van der Waals surface area contributed by atoms with Gasteiger partial charge < -0.3 is 20.9 Å². The molecule has 4 N–H and O–H groups in total. The molecule has 1 aromatic heterocycles. The minimum atomic E-state index is -0.802. The number of nitrogens with zero attached hydrogens (tertiary/aromatic N) is 1. The zero-order valence-electron chi connectivity index (χ0n) is 17.2. The molecule has 168 valence electrons. The summed E-state index contributed by atoms with van der Waals surface area (Å²) in [6.07, 6.45) is 3.39. The van der Waals surface area contributed by atoms with Gasteiger partial charge >= 0.3 is 0 Å². The van der Waals surface area contributed by atoms with Crippen molar-refractivity contribution in [2.45, 2.75) is 44.2 Å². The van der Waals surface area contributed by atoms with Crippen molar-refractivity contribution < 1.29 is 14.4 Å². The predicted molar refractivity (Wildman–Crippen MR) is 120 cm³/mol.